The first kappa shape index (κ1) is 24.8. The molecule has 8 nitrogen and oxygen atoms in total. The Morgan fingerprint density at radius 2 is 1.88 bits per heavy atom. The lowest BCUT2D eigenvalue weighted by molar-refractivity contribution is -0.274. The summed E-state index contributed by atoms with van der Waals surface area (Å²) in [7, 11) is -4.13. The van der Waals surface area contributed by atoms with Crippen molar-refractivity contribution < 1.29 is 35.9 Å². The van der Waals surface area contributed by atoms with E-state index in [0.29, 0.717) is 19.8 Å². The molecule has 1 fully saturated rings. The van der Waals surface area contributed by atoms with Crippen LogP contribution in [0.15, 0.2) is 46.3 Å². The summed E-state index contributed by atoms with van der Waals surface area (Å²) in [5.74, 6) is -1.09. The predicted molar refractivity (Wildman–Crippen MR) is 112 cm³/mol. The third-order valence-corrected chi connectivity index (χ3v) is 7.17. The molecule has 1 aromatic carbocycles. The Labute approximate surface area is 189 Å². The Morgan fingerprint density at radius 3 is 2.39 bits per heavy atom. The van der Waals surface area contributed by atoms with Crippen LogP contribution in [0.3, 0.4) is 0 Å². The number of hydrogen-bond acceptors (Lipinski definition) is 7. The highest BCUT2D eigenvalue weighted by Gasteiger charge is 2.37. The van der Waals surface area contributed by atoms with Crippen LogP contribution in [0.5, 0.6) is 5.75 Å². The zero-order valence-corrected chi connectivity index (χ0v) is 18.6. The molecule has 0 saturated heterocycles. The zero-order valence-electron chi connectivity index (χ0n) is 17.8. The smallest absolute Gasteiger partial charge is 0.406 e. The lowest BCUT2D eigenvalue weighted by atomic mass is 9.69. The quantitative estimate of drug-likeness (QED) is 0.557. The van der Waals surface area contributed by atoms with Gasteiger partial charge < -0.3 is 20.5 Å². The number of hydrogen-bond donors (Lipinski definition) is 2. The maximum absolute atomic E-state index is 12.8. The minimum absolute atomic E-state index is 0.117. The van der Waals surface area contributed by atoms with Gasteiger partial charge in [-0.2, -0.15) is 0 Å². The van der Waals surface area contributed by atoms with Crippen molar-refractivity contribution in [1.29, 1.82) is 0 Å². The van der Waals surface area contributed by atoms with Crippen LogP contribution in [0.4, 0.5) is 18.9 Å². The van der Waals surface area contributed by atoms with Crippen molar-refractivity contribution in [1.82, 2.24) is 10.3 Å². The van der Waals surface area contributed by atoms with Crippen LogP contribution in [-0.2, 0) is 14.6 Å². The van der Waals surface area contributed by atoms with Crippen molar-refractivity contribution in [2.45, 2.75) is 42.3 Å². The van der Waals surface area contributed by atoms with Gasteiger partial charge in [0.05, 0.1) is 22.1 Å². The van der Waals surface area contributed by atoms with Gasteiger partial charge in [-0.15, -0.1) is 13.2 Å². The van der Waals surface area contributed by atoms with Gasteiger partial charge in [-0.25, -0.2) is 13.4 Å². The van der Waals surface area contributed by atoms with Gasteiger partial charge in [0.1, 0.15) is 5.75 Å². The van der Waals surface area contributed by atoms with E-state index in [4.69, 9.17) is 10.5 Å². The van der Waals surface area contributed by atoms with E-state index in [0.717, 1.165) is 55.8 Å². The van der Waals surface area contributed by atoms with Gasteiger partial charge in [0.2, 0.25) is 9.84 Å². The van der Waals surface area contributed by atoms with Gasteiger partial charge in [0.15, 0.2) is 5.69 Å². The van der Waals surface area contributed by atoms with Crippen molar-refractivity contribution in [3.63, 3.8) is 0 Å². The van der Waals surface area contributed by atoms with Crippen molar-refractivity contribution in [3.05, 3.63) is 42.2 Å². The summed E-state index contributed by atoms with van der Waals surface area (Å²) in [6, 6.07) is 4.82. The molecule has 1 saturated carbocycles. The van der Waals surface area contributed by atoms with Crippen LogP contribution in [0.1, 0.15) is 36.7 Å². The first-order valence-electron chi connectivity index (χ1n) is 10.2. The molecular formula is C21H24F3N3O5S. The standard InChI is InChI=1S/C21H24F3N3O5S/c1-2-31-13-20(8-3-9-20)12-27-19(28)18-17(25)10-16(11-26-18)33(29,30)15-6-4-14(5-7-15)32-21(22,23)24/h4-7,10-11H,2-3,8-9,12-13,25H2,1H3,(H,27,28). The number of nitrogens with one attached hydrogen (secondary N) is 1. The number of nitrogens with zero attached hydrogens (tertiary/aromatic N) is 1. The van der Waals surface area contributed by atoms with E-state index in [1.807, 2.05) is 6.92 Å². The molecule has 1 aliphatic rings. The normalized spacial score (nSPS) is 15.5. The lowest BCUT2D eigenvalue weighted by Gasteiger charge is -2.41. The second-order valence-electron chi connectivity index (χ2n) is 7.80. The van der Waals surface area contributed by atoms with E-state index in [9.17, 15) is 26.4 Å². The predicted octanol–water partition coefficient (Wildman–Crippen LogP) is 3.33. The number of carbonyl (C=O) groups is 1. The second kappa shape index (κ2) is 9.56. The van der Waals surface area contributed by atoms with Crippen LogP contribution >= 0.6 is 0 Å². The molecule has 1 heterocycles. The maximum Gasteiger partial charge on any atom is 0.573 e. The van der Waals surface area contributed by atoms with E-state index in [1.165, 1.54) is 0 Å². The fraction of sp³-hybridized carbons (Fsp3) is 0.429. The van der Waals surface area contributed by atoms with Crippen LogP contribution in [0.25, 0.3) is 0 Å². The number of anilines is 1. The summed E-state index contributed by atoms with van der Waals surface area (Å²) >= 11 is 0. The SMILES string of the molecule is CCOCC1(CNC(=O)c2ncc(S(=O)(=O)c3ccc(OC(F)(F)F)cc3)cc2N)CCC1. The second-order valence-corrected chi connectivity index (χ2v) is 9.75. The number of ether oxygens (including phenoxy) is 2. The molecule has 1 amide bonds. The van der Waals surface area contributed by atoms with Crippen molar-refractivity contribution in [2.24, 2.45) is 5.41 Å². The first-order valence-corrected chi connectivity index (χ1v) is 11.7. The first-order chi connectivity index (χ1) is 15.5. The number of nitrogen functional groups attached to an aromatic ring is 1. The number of rotatable bonds is 9. The highest BCUT2D eigenvalue weighted by atomic mass is 32.2. The molecule has 0 unspecified atom stereocenters. The lowest BCUT2D eigenvalue weighted by Crippen LogP contribution is -2.45. The number of carbonyl (C=O) groups excluding carboxylic acids is 1. The largest absolute Gasteiger partial charge is 0.573 e. The summed E-state index contributed by atoms with van der Waals surface area (Å²) in [5, 5.41) is 2.79. The summed E-state index contributed by atoms with van der Waals surface area (Å²) in [5.41, 5.74) is 5.52. The minimum Gasteiger partial charge on any atom is -0.406 e. The highest BCUT2D eigenvalue weighted by molar-refractivity contribution is 7.91. The van der Waals surface area contributed by atoms with E-state index in [1.54, 1.807) is 0 Å². The van der Waals surface area contributed by atoms with Crippen molar-refractivity contribution in [2.75, 3.05) is 25.5 Å². The molecule has 180 valence electrons. The van der Waals surface area contributed by atoms with Gasteiger partial charge in [0, 0.05) is 24.8 Å². The number of nitrogens with two attached hydrogens (primary N) is 1. The van der Waals surface area contributed by atoms with E-state index in [2.05, 4.69) is 15.0 Å². The number of sulfone groups is 1. The summed E-state index contributed by atoms with van der Waals surface area (Å²) in [6.07, 6.45) is -0.990. The van der Waals surface area contributed by atoms with Crippen molar-refractivity contribution >= 4 is 21.4 Å². The summed E-state index contributed by atoms with van der Waals surface area (Å²) in [4.78, 5) is 15.9. The summed E-state index contributed by atoms with van der Waals surface area (Å²) < 4.78 is 71.7. The zero-order chi connectivity index (χ0) is 24.3. The molecule has 3 rings (SSSR count). The molecule has 0 atom stereocenters. The van der Waals surface area contributed by atoms with Gasteiger partial charge in [0.25, 0.3) is 5.91 Å². The number of aromatic nitrogens is 1. The fourth-order valence-electron chi connectivity index (χ4n) is 3.47. The van der Waals surface area contributed by atoms with Gasteiger partial charge >= 0.3 is 6.36 Å². The van der Waals surface area contributed by atoms with Crippen LogP contribution in [0, 0.1) is 5.41 Å². The Hall–Kier alpha value is -2.86. The Bertz CT molecular complexity index is 1100. The van der Waals surface area contributed by atoms with E-state index >= 15 is 0 Å². The van der Waals surface area contributed by atoms with Crippen LogP contribution < -0.4 is 15.8 Å². The van der Waals surface area contributed by atoms with Crippen LogP contribution in [0.2, 0.25) is 0 Å². The molecule has 1 aromatic heterocycles. The molecule has 33 heavy (non-hydrogen) atoms. The number of alkyl halides is 3. The number of benzene rings is 1. The van der Waals surface area contributed by atoms with E-state index < -0.39 is 27.9 Å². The van der Waals surface area contributed by atoms with Gasteiger partial charge in [-0.1, -0.05) is 6.42 Å². The topological polar surface area (TPSA) is 121 Å². The molecule has 3 N–H and O–H groups in total. The Morgan fingerprint density at radius 1 is 1.21 bits per heavy atom. The molecule has 2 aromatic rings. The molecule has 0 radical (unpaired) electrons. The van der Waals surface area contributed by atoms with Crippen LogP contribution in [-0.4, -0.2) is 45.4 Å². The average Bonchev–Trinajstić information content (AvgIpc) is 2.71. The van der Waals surface area contributed by atoms with Gasteiger partial charge in [-0.3, -0.25) is 4.79 Å². The van der Waals surface area contributed by atoms with Gasteiger partial charge in [-0.05, 0) is 50.1 Å². The molecule has 1 aliphatic carbocycles. The average molecular weight is 488 g/mol. The Kier molecular flexibility index (Phi) is 7.17. The number of amides is 1. The maximum atomic E-state index is 12.8. The molecule has 0 spiro atoms. The molecule has 12 heteroatoms. The number of pyridine rings is 1. The van der Waals surface area contributed by atoms with Crippen molar-refractivity contribution in [3.8, 4) is 5.75 Å². The number of halogens is 3. The monoisotopic (exact) mass is 487 g/mol. The highest BCUT2D eigenvalue weighted by Crippen LogP contribution is 2.40. The molecule has 0 bridgehead atoms. The summed E-state index contributed by atoms with van der Waals surface area (Å²) in [6.45, 7) is 3.41. The molecular weight excluding hydrogens is 463 g/mol. The third kappa shape index (κ3) is 5.93. The fourth-order valence-corrected chi connectivity index (χ4v) is 4.71. The third-order valence-electron chi connectivity index (χ3n) is 5.44. The van der Waals surface area contributed by atoms with E-state index in [-0.39, 0.29) is 26.6 Å². The Balaban J connectivity index is 1.72. The minimum atomic E-state index is -4.89. The molecule has 0 aliphatic heterocycles.